The fourth-order valence-corrected chi connectivity index (χ4v) is 5.26. The minimum atomic E-state index is -4.74. The summed E-state index contributed by atoms with van der Waals surface area (Å²) in [5, 5.41) is 0. The molecule has 0 heterocycles. The Kier molecular flexibility index (Phi) is 29.9. The lowest BCUT2D eigenvalue weighted by molar-refractivity contribution is -0.161. The lowest BCUT2D eigenvalue weighted by Gasteiger charge is -2.18. The quantitative estimate of drug-likeness (QED) is 0.0325. The highest BCUT2D eigenvalue weighted by Crippen LogP contribution is 2.36. The number of phosphoric ester groups is 1. The summed E-state index contributed by atoms with van der Waals surface area (Å²) in [7, 11) is -4.74. The maximum atomic E-state index is 12.3. The predicted octanol–water partition coefficient (Wildman–Crippen LogP) is 9.90. The Bertz CT molecular complexity index is 721. The highest BCUT2D eigenvalue weighted by molar-refractivity contribution is 7.46. The number of carbonyl (C=O) groups is 2. The molecule has 0 rings (SSSR count). The van der Waals surface area contributed by atoms with Crippen molar-refractivity contribution in [3.8, 4) is 0 Å². The van der Waals surface area contributed by atoms with E-state index in [1.807, 2.05) is 0 Å². The number of carbonyl (C=O) groups excluding carboxylic acids is 2. The van der Waals surface area contributed by atoms with E-state index in [2.05, 4.69) is 30.5 Å². The summed E-state index contributed by atoms with van der Waals surface area (Å²) in [5.41, 5.74) is 0. The molecule has 254 valence electrons. The summed E-state index contributed by atoms with van der Waals surface area (Å²) < 4.78 is 26.2. The average Bonchev–Trinajstić information content (AvgIpc) is 2.97. The van der Waals surface area contributed by atoms with Crippen molar-refractivity contribution in [2.45, 2.75) is 180 Å². The largest absolute Gasteiger partial charge is 0.469 e. The van der Waals surface area contributed by atoms with Crippen LogP contribution in [0.25, 0.3) is 0 Å². The number of hydrogen-bond acceptors (Lipinski definition) is 6. The summed E-state index contributed by atoms with van der Waals surface area (Å²) in [4.78, 5) is 42.5. The number of phosphoric acid groups is 1. The predicted molar refractivity (Wildman–Crippen MR) is 175 cm³/mol. The standard InChI is InChI=1S/C34H65O8P/c1-3-5-7-9-11-13-15-17-19-21-23-25-27-29-34(36)42-32(31-41-43(37,38)39)30-40-33(35)28-26-24-22-20-18-16-14-12-10-8-6-4-2/h17,19,32H,3-16,18,20-31H2,1-2H3,(H2,37,38,39)/b19-17+/t32-/m1/s1. The number of unbranched alkanes of at least 4 members (excludes halogenated alkanes) is 20. The third-order valence-corrected chi connectivity index (χ3v) is 8.02. The fourth-order valence-electron chi connectivity index (χ4n) is 4.90. The summed E-state index contributed by atoms with van der Waals surface area (Å²) in [6.07, 6.45) is 30.8. The second kappa shape index (κ2) is 30.8. The Hall–Kier alpha value is -1.21. The number of ether oxygens (including phenoxy) is 2. The minimum Gasteiger partial charge on any atom is -0.462 e. The topological polar surface area (TPSA) is 119 Å². The first-order valence-electron chi connectivity index (χ1n) is 17.5. The van der Waals surface area contributed by atoms with E-state index in [4.69, 9.17) is 19.3 Å². The molecule has 8 nitrogen and oxygen atoms in total. The van der Waals surface area contributed by atoms with Crippen LogP contribution in [0, 0.1) is 0 Å². The van der Waals surface area contributed by atoms with Gasteiger partial charge in [0.1, 0.15) is 6.61 Å². The summed E-state index contributed by atoms with van der Waals surface area (Å²) in [5.74, 6) is -0.899. The first-order valence-corrected chi connectivity index (χ1v) is 19.0. The van der Waals surface area contributed by atoms with Crippen molar-refractivity contribution in [3.05, 3.63) is 12.2 Å². The average molecular weight is 633 g/mol. The van der Waals surface area contributed by atoms with Gasteiger partial charge < -0.3 is 19.3 Å². The summed E-state index contributed by atoms with van der Waals surface area (Å²) in [6.45, 7) is 3.64. The van der Waals surface area contributed by atoms with Gasteiger partial charge in [-0.3, -0.25) is 14.1 Å². The van der Waals surface area contributed by atoms with Crippen molar-refractivity contribution >= 4 is 19.8 Å². The van der Waals surface area contributed by atoms with Gasteiger partial charge in [-0.05, 0) is 38.5 Å². The Morgan fingerprint density at radius 3 is 1.44 bits per heavy atom. The second-order valence-electron chi connectivity index (χ2n) is 11.8. The zero-order chi connectivity index (χ0) is 31.9. The number of esters is 2. The van der Waals surface area contributed by atoms with Crippen LogP contribution in [-0.2, 0) is 28.2 Å². The highest BCUT2D eigenvalue weighted by Gasteiger charge is 2.22. The molecule has 43 heavy (non-hydrogen) atoms. The van der Waals surface area contributed by atoms with E-state index in [-0.39, 0.29) is 19.4 Å². The van der Waals surface area contributed by atoms with Gasteiger partial charge in [-0.15, -0.1) is 0 Å². The third-order valence-electron chi connectivity index (χ3n) is 7.53. The molecule has 1 atom stereocenters. The molecule has 0 bridgehead atoms. The Labute approximate surface area is 263 Å². The molecule has 0 radical (unpaired) electrons. The zero-order valence-electron chi connectivity index (χ0n) is 27.6. The van der Waals surface area contributed by atoms with Gasteiger partial charge in [0.25, 0.3) is 0 Å². The molecule has 0 fully saturated rings. The van der Waals surface area contributed by atoms with Crippen LogP contribution in [-0.4, -0.2) is 41.0 Å². The molecule has 0 amide bonds. The van der Waals surface area contributed by atoms with Crippen LogP contribution in [0.3, 0.4) is 0 Å². The molecule has 0 aromatic rings. The fraction of sp³-hybridized carbons (Fsp3) is 0.882. The van der Waals surface area contributed by atoms with Crippen molar-refractivity contribution in [3.63, 3.8) is 0 Å². The maximum absolute atomic E-state index is 12.3. The van der Waals surface area contributed by atoms with E-state index < -0.39 is 32.5 Å². The van der Waals surface area contributed by atoms with E-state index in [1.54, 1.807) is 0 Å². The molecule has 0 saturated carbocycles. The van der Waals surface area contributed by atoms with Crippen LogP contribution in [0.4, 0.5) is 0 Å². The zero-order valence-corrected chi connectivity index (χ0v) is 28.5. The molecular formula is C34H65O8P. The normalized spacial score (nSPS) is 12.6. The van der Waals surface area contributed by atoms with Crippen molar-refractivity contribution < 1.29 is 37.9 Å². The van der Waals surface area contributed by atoms with Gasteiger partial charge in [-0.2, -0.15) is 0 Å². The van der Waals surface area contributed by atoms with Crippen LogP contribution >= 0.6 is 7.82 Å². The maximum Gasteiger partial charge on any atom is 0.469 e. The molecule has 0 spiro atoms. The van der Waals surface area contributed by atoms with E-state index in [1.165, 1.54) is 96.3 Å². The van der Waals surface area contributed by atoms with Crippen molar-refractivity contribution in [1.29, 1.82) is 0 Å². The lowest BCUT2D eigenvalue weighted by atomic mass is 10.0. The van der Waals surface area contributed by atoms with Crippen molar-refractivity contribution in [2.75, 3.05) is 13.2 Å². The number of hydrogen-bond donors (Lipinski definition) is 2. The number of allylic oxidation sites excluding steroid dienone is 2. The van der Waals surface area contributed by atoms with Gasteiger partial charge in [0, 0.05) is 12.8 Å². The minimum absolute atomic E-state index is 0.195. The lowest BCUT2D eigenvalue weighted by Crippen LogP contribution is -2.29. The molecule has 0 aromatic carbocycles. The Balaban J connectivity index is 4.01. The summed E-state index contributed by atoms with van der Waals surface area (Å²) >= 11 is 0. The van der Waals surface area contributed by atoms with Gasteiger partial charge in [-0.25, -0.2) is 4.57 Å². The Morgan fingerprint density at radius 2 is 0.977 bits per heavy atom. The van der Waals surface area contributed by atoms with Gasteiger partial charge in [0.15, 0.2) is 6.10 Å². The molecular weight excluding hydrogens is 567 g/mol. The molecule has 0 aliphatic rings. The van der Waals surface area contributed by atoms with Crippen LogP contribution in [0.1, 0.15) is 174 Å². The molecule has 0 aliphatic heterocycles. The van der Waals surface area contributed by atoms with Gasteiger partial charge >= 0.3 is 19.8 Å². The molecule has 0 aromatic heterocycles. The Morgan fingerprint density at radius 1 is 0.581 bits per heavy atom. The molecule has 0 aliphatic carbocycles. The third kappa shape index (κ3) is 33.5. The second-order valence-corrected chi connectivity index (χ2v) is 13.1. The van der Waals surface area contributed by atoms with Crippen LogP contribution < -0.4 is 0 Å². The van der Waals surface area contributed by atoms with Crippen molar-refractivity contribution in [1.82, 2.24) is 0 Å². The first-order chi connectivity index (χ1) is 20.8. The molecule has 2 N–H and O–H groups in total. The van der Waals surface area contributed by atoms with Gasteiger partial charge in [0.2, 0.25) is 0 Å². The van der Waals surface area contributed by atoms with E-state index >= 15 is 0 Å². The van der Waals surface area contributed by atoms with E-state index in [0.29, 0.717) is 6.42 Å². The smallest absolute Gasteiger partial charge is 0.462 e. The first kappa shape index (κ1) is 41.8. The van der Waals surface area contributed by atoms with Crippen LogP contribution in [0.5, 0.6) is 0 Å². The molecule has 9 heteroatoms. The van der Waals surface area contributed by atoms with Crippen molar-refractivity contribution in [2.24, 2.45) is 0 Å². The van der Waals surface area contributed by atoms with Gasteiger partial charge in [0.05, 0.1) is 6.61 Å². The van der Waals surface area contributed by atoms with Crippen LogP contribution in [0.2, 0.25) is 0 Å². The number of rotatable bonds is 32. The SMILES string of the molecule is CCCCCCCC/C=C/CCCCCC(=O)O[C@H](COC(=O)CCCCCCCCCCCCCC)COP(=O)(O)O. The van der Waals surface area contributed by atoms with E-state index in [0.717, 1.165) is 44.9 Å². The monoisotopic (exact) mass is 632 g/mol. The molecule has 0 saturated heterocycles. The van der Waals surface area contributed by atoms with Crippen LogP contribution in [0.15, 0.2) is 12.2 Å². The summed E-state index contributed by atoms with van der Waals surface area (Å²) in [6, 6.07) is 0. The van der Waals surface area contributed by atoms with Gasteiger partial charge in [-0.1, -0.05) is 135 Å². The highest BCUT2D eigenvalue weighted by atomic mass is 31.2. The molecule has 0 unspecified atom stereocenters. The van der Waals surface area contributed by atoms with E-state index in [9.17, 15) is 14.2 Å².